The van der Waals surface area contributed by atoms with Crippen LogP contribution in [-0.4, -0.2) is 0 Å². The Morgan fingerprint density at radius 2 is 1.26 bits per heavy atom. The molecule has 0 aliphatic heterocycles. The van der Waals surface area contributed by atoms with E-state index >= 15 is 0 Å². The number of hydrogen-bond donors (Lipinski definition) is 0. The summed E-state index contributed by atoms with van der Waals surface area (Å²) in [6, 6.07) is 4.64. The lowest BCUT2D eigenvalue weighted by Crippen LogP contribution is -2.11. The molecule has 0 heterocycles. The number of ether oxygens (including phenoxy) is 1. The molecule has 0 fully saturated rings. The highest BCUT2D eigenvalue weighted by Gasteiger charge is 2.22. The van der Waals surface area contributed by atoms with Crippen LogP contribution in [-0.2, 0) is 4.74 Å². The molecule has 1 atom stereocenters. The topological polar surface area (TPSA) is 9.23 Å². The van der Waals surface area contributed by atoms with E-state index in [1.165, 1.54) is 22.3 Å². The molecule has 0 bridgehead atoms. The fourth-order valence-corrected chi connectivity index (χ4v) is 2.95. The van der Waals surface area contributed by atoms with Crippen molar-refractivity contribution in [3.63, 3.8) is 0 Å². The van der Waals surface area contributed by atoms with Gasteiger partial charge < -0.3 is 4.74 Å². The summed E-state index contributed by atoms with van der Waals surface area (Å²) >= 11 is 12.1. The minimum atomic E-state index is -0.132. The largest absolute Gasteiger partial charge is 0.474 e. The van der Waals surface area contributed by atoms with Gasteiger partial charge in [-0.25, -0.2) is 0 Å². The van der Waals surface area contributed by atoms with Crippen molar-refractivity contribution < 1.29 is 4.74 Å². The number of rotatable bonds is 6. The maximum atomic E-state index is 6.13. The maximum absolute atomic E-state index is 6.13. The highest BCUT2D eigenvalue weighted by atomic mass is 35.5. The van der Waals surface area contributed by atoms with Gasteiger partial charge in [0.25, 0.3) is 0 Å². The Labute approximate surface area is 152 Å². The minimum absolute atomic E-state index is 0.132. The van der Waals surface area contributed by atoms with Crippen molar-refractivity contribution in [2.75, 3.05) is 0 Å². The van der Waals surface area contributed by atoms with Crippen LogP contribution in [0.5, 0.6) is 0 Å². The van der Waals surface area contributed by atoms with Crippen LogP contribution in [0.2, 0.25) is 0 Å². The summed E-state index contributed by atoms with van der Waals surface area (Å²) < 4.78 is 5.89. The molecule has 0 saturated carbocycles. The lowest BCUT2D eigenvalue weighted by Gasteiger charge is -2.27. The van der Waals surface area contributed by atoms with Crippen LogP contribution in [0.3, 0.4) is 0 Å². The highest BCUT2D eigenvalue weighted by molar-refractivity contribution is 6.38. The van der Waals surface area contributed by atoms with Crippen molar-refractivity contribution in [3.05, 3.63) is 44.6 Å². The van der Waals surface area contributed by atoms with Crippen molar-refractivity contribution in [1.29, 1.82) is 0 Å². The van der Waals surface area contributed by atoms with Crippen LogP contribution in [0.15, 0.2) is 22.4 Å². The van der Waals surface area contributed by atoms with E-state index in [9.17, 15) is 0 Å². The third-order valence-corrected chi connectivity index (χ3v) is 4.78. The van der Waals surface area contributed by atoms with E-state index in [0.717, 1.165) is 0 Å². The van der Waals surface area contributed by atoms with E-state index in [1.807, 2.05) is 6.92 Å². The lowest BCUT2D eigenvalue weighted by atomic mass is 9.82. The molecule has 0 saturated heterocycles. The van der Waals surface area contributed by atoms with Crippen LogP contribution in [0.4, 0.5) is 0 Å². The van der Waals surface area contributed by atoms with E-state index < -0.39 is 0 Å². The van der Waals surface area contributed by atoms with Gasteiger partial charge in [0.2, 0.25) is 5.22 Å². The monoisotopic (exact) mass is 356 g/mol. The standard InChI is InChI=1S/C20H30Cl2O/c1-11(2)16-9-17(12(3)4)19(18(10-16)13(5)6)15(8)23-20(22)14(7)21/h9-13,15H,1-8H3/b20-14-/t15-/m0/s1. The molecule has 1 nitrogen and oxygen atoms in total. The summed E-state index contributed by atoms with van der Waals surface area (Å²) in [4.78, 5) is 0. The average Bonchev–Trinajstić information content (AvgIpc) is 2.44. The van der Waals surface area contributed by atoms with E-state index in [0.29, 0.717) is 22.8 Å². The highest BCUT2D eigenvalue weighted by Crippen LogP contribution is 2.38. The molecule has 0 unspecified atom stereocenters. The predicted octanol–water partition coefficient (Wildman–Crippen LogP) is 7.80. The molecule has 0 spiro atoms. The first-order valence-electron chi connectivity index (χ1n) is 8.42. The fourth-order valence-electron chi connectivity index (χ4n) is 2.78. The van der Waals surface area contributed by atoms with Crippen molar-refractivity contribution in [1.82, 2.24) is 0 Å². The van der Waals surface area contributed by atoms with Crippen LogP contribution < -0.4 is 0 Å². The molecule has 3 heteroatoms. The number of allylic oxidation sites excluding steroid dienone is 1. The predicted molar refractivity (Wildman–Crippen MR) is 103 cm³/mol. The normalized spacial score (nSPS) is 14.5. The van der Waals surface area contributed by atoms with Crippen LogP contribution in [0.1, 0.15) is 102 Å². The fraction of sp³-hybridized carbons (Fsp3) is 0.600. The van der Waals surface area contributed by atoms with Crippen molar-refractivity contribution in [3.8, 4) is 0 Å². The summed E-state index contributed by atoms with van der Waals surface area (Å²) in [6.07, 6.45) is -0.132. The maximum Gasteiger partial charge on any atom is 0.202 e. The Hall–Kier alpha value is -0.660. The minimum Gasteiger partial charge on any atom is -0.474 e. The molecule has 0 aromatic heterocycles. The number of halogens is 2. The first-order valence-corrected chi connectivity index (χ1v) is 9.17. The van der Waals surface area contributed by atoms with Gasteiger partial charge >= 0.3 is 0 Å². The summed E-state index contributed by atoms with van der Waals surface area (Å²) in [5.74, 6) is 1.35. The molecular weight excluding hydrogens is 327 g/mol. The van der Waals surface area contributed by atoms with Crippen LogP contribution >= 0.6 is 23.2 Å². The molecule has 23 heavy (non-hydrogen) atoms. The summed E-state index contributed by atoms with van der Waals surface area (Å²) in [5.41, 5.74) is 5.30. The molecule has 1 rings (SSSR count). The summed E-state index contributed by atoms with van der Waals surface area (Å²) in [6.45, 7) is 17.2. The number of benzene rings is 1. The van der Waals surface area contributed by atoms with Crippen LogP contribution in [0.25, 0.3) is 0 Å². The third-order valence-electron chi connectivity index (χ3n) is 4.13. The Bertz CT molecular complexity index is 538. The average molecular weight is 357 g/mol. The Morgan fingerprint density at radius 3 is 1.57 bits per heavy atom. The molecule has 0 aliphatic carbocycles. The molecule has 1 aromatic rings. The van der Waals surface area contributed by atoms with Gasteiger partial charge in [0.05, 0.1) is 5.03 Å². The number of hydrogen-bond acceptors (Lipinski definition) is 1. The van der Waals surface area contributed by atoms with Gasteiger partial charge in [0, 0.05) is 0 Å². The van der Waals surface area contributed by atoms with Crippen molar-refractivity contribution in [2.45, 2.75) is 79.2 Å². The molecular formula is C20H30Cl2O. The zero-order chi connectivity index (χ0) is 17.9. The van der Waals surface area contributed by atoms with Gasteiger partial charge in [0.15, 0.2) is 0 Å². The zero-order valence-corrected chi connectivity index (χ0v) is 17.1. The summed E-state index contributed by atoms with van der Waals surface area (Å²) in [7, 11) is 0. The quantitative estimate of drug-likeness (QED) is 0.472. The Balaban J connectivity index is 3.51. The van der Waals surface area contributed by atoms with Crippen molar-refractivity contribution >= 4 is 23.2 Å². The molecule has 0 amide bonds. The van der Waals surface area contributed by atoms with Gasteiger partial charge in [-0.05, 0) is 65.5 Å². The second-order valence-electron chi connectivity index (χ2n) is 7.14. The SMILES string of the molecule is C/C(Cl)=C(\Cl)O[C@@H](C)c1c(C(C)C)cc(C(C)C)cc1C(C)C. The molecule has 0 N–H and O–H groups in total. The van der Waals surface area contributed by atoms with Gasteiger partial charge in [-0.3, -0.25) is 0 Å². The third kappa shape index (κ3) is 5.16. The van der Waals surface area contributed by atoms with E-state index in [2.05, 4.69) is 53.7 Å². The molecule has 0 aliphatic rings. The van der Waals surface area contributed by atoms with Gasteiger partial charge in [0.1, 0.15) is 6.10 Å². The van der Waals surface area contributed by atoms with E-state index in [-0.39, 0.29) is 11.3 Å². The zero-order valence-electron chi connectivity index (χ0n) is 15.6. The second kappa shape index (κ2) is 8.44. The van der Waals surface area contributed by atoms with E-state index in [4.69, 9.17) is 27.9 Å². The molecule has 0 radical (unpaired) electrons. The molecule has 1 aromatic carbocycles. The Morgan fingerprint density at radius 1 is 0.826 bits per heavy atom. The lowest BCUT2D eigenvalue weighted by molar-refractivity contribution is 0.149. The molecule has 130 valence electrons. The van der Waals surface area contributed by atoms with E-state index in [1.54, 1.807) is 6.92 Å². The van der Waals surface area contributed by atoms with Gasteiger partial charge in [-0.15, -0.1) is 0 Å². The van der Waals surface area contributed by atoms with Crippen molar-refractivity contribution in [2.24, 2.45) is 0 Å². The first kappa shape index (κ1) is 20.4. The summed E-state index contributed by atoms with van der Waals surface area (Å²) in [5, 5.41) is 0.756. The van der Waals surface area contributed by atoms with Crippen LogP contribution in [0, 0.1) is 0 Å². The van der Waals surface area contributed by atoms with Gasteiger partial charge in [-0.1, -0.05) is 65.3 Å². The first-order chi connectivity index (χ1) is 10.6. The Kier molecular flexibility index (Phi) is 7.48. The smallest absolute Gasteiger partial charge is 0.202 e. The van der Waals surface area contributed by atoms with Gasteiger partial charge in [-0.2, -0.15) is 0 Å². The second-order valence-corrected chi connectivity index (χ2v) is 8.05.